The van der Waals surface area contributed by atoms with Crippen molar-refractivity contribution in [3.8, 4) is 0 Å². The Kier molecular flexibility index (Phi) is 7.36. The summed E-state index contributed by atoms with van der Waals surface area (Å²) in [4.78, 5) is 16.0. The second-order valence-corrected chi connectivity index (χ2v) is 8.00. The number of nitrogens with one attached hydrogen (secondary N) is 2. The number of hydrogen-bond acceptors (Lipinski definition) is 7. The summed E-state index contributed by atoms with van der Waals surface area (Å²) < 4.78 is 2.91. The molecule has 2 aromatic heterocycles. The van der Waals surface area contributed by atoms with Gasteiger partial charge in [-0.2, -0.15) is 5.10 Å². The lowest BCUT2D eigenvalue weighted by atomic mass is 10.2. The van der Waals surface area contributed by atoms with Crippen LogP contribution in [0, 0.1) is 0 Å². The van der Waals surface area contributed by atoms with Gasteiger partial charge in [-0.1, -0.05) is 33.8 Å². The van der Waals surface area contributed by atoms with Crippen molar-refractivity contribution in [2.75, 3.05) is 11.1 Å². The van der Waals surface area contributed by atoms with E-state index in [1.54, 1.807) is 24.7 Å². The molecule has 1 amide bonds. The molecule has 0 spiro atoms. The number of carbonyl (C=O) groups is 1. The predicted octanol–water partition coefficient (Wildman–Crippen LogP) is 3.39. The van der Waals surface area contributed by atoms with Crippen molar-refractivity contribution in [2.24, 2.45) is 12.1 Å². The van der Waals surface area contributed by atoms with Crippen molar-refractivity contribution in [1.82, 2.24) is 25.2 Å². The van der Waals surface area contributed by atoms with Gasteiger partial charge in [0.25, 0.3) is 5.91 Å². The Bertz CT molecular complexity index is 976. The van der Waals surface area contributed by atoms with Gasteiger partial charge in [-0.05, 0) is 37.3 Å². The molecule has 0 saturated carbocycles. The highest BCUT2D eigenvalue weighted by molar-refractivity contribution is 9.10. The van der Waals surface area contributed by atoms with E-state index in [0.29, 0.717) is 5.16 Å². The third-order valence-electron chi connectivity index (χ3n) is 3.90. The molecule has 2 N–H and O–H groups in total. The van der Waals surface area contributed by atoms with E-state index < -0.39 is 0 Å². The van der Waals surface area contributed by atoms with E-state index in [1.165, 1.54) is 11.8 Å². The van der Waals surface area contributed by atoms with E-state index in [2.05, 4.69) is 47.0 Å². The molecule has 3 aromatic rings. The number of hydrazone groups is 1. The Hall–Kier alpha value is -2.72. The average molecular weight is 474 g/mol. The molecule has 0 aliphatic heterocycles. The van der Waals surface area contributed by atoms with Crippen molar-refractivity contribution in [3.05, 3.63) is 64.7 Å². The highest BCUT2D eigenvalue weighted by Crippen LogP contribution is 2.23. The van der Waals surface area contributed by atoms with E-state index in [-0.39, 0.29) is 17.7 Å². The zero-order valence-electron chi connectivity index (χ0n) is 15.9. The maximum absolute atomic E-state index is 12.0. The number of aromatic nitrogens is 4. The lowest BCUT2D eigenvalue weighted by molar-refractivity contribution is -0.118. The van der Waals surface area contributed by atoms with Crippen molar-refractivity contribution < 1.29 is 4.79 Å². The summed E-state index contributed by atoms with van der Waals surface area (Å²) >= 11 is 4.73. The molecule has 1 aromatic carbocycles. The number of pyridine rings is 1. The first-order valence-electron chi connectivity index (χ1n) is 8.79. The van der Waals surface area contributed by atoms with Gasteiger partial charge >= 0.3 is 0 Å². The molecule has 0 saturated heterocycles. The molecule has 0 aliphatic rings. The molecule has 3 rings (SSSR count). The van der Waals surface area contributed by atoms with Crippen molar-refractivity contribution in [3.63, 3.8) is 0 Å². The number of anilines is 1. The van der Waals surface area contributed by atoms with Crippen LogP contribution in [-0.2, 0) is 11.8 Å². The van der Waals surface area contributed by atoms with Crippen LogP contribution in [0.4, 0.5) is 5.69 Å². The van der Waals surface area contributed by atoms with E-state index in [4.69, 9.17) is 0 Å². The van der Waals surface area contributed by atoms with Crippen LogP contribution in [0.5, 0.6) is 0 Å². The number of thioether (sulfide) groups is 1. The quantitative estimate of drug-likeness (QED) is 0.295. The van der Waals surface area contributed by atoms with Gasteiger partial charge in [-0.3, -0.25) is 9.78 Å². The van der Waals surface area contributed by atoms with Crippen LogP contribution >= 0.6 is 27.7 Å². The fraction of sp³-hybridized carbons (Fsp3) is 0.211. The highest BCUT2D eigenvalue weighted by Gasteiger charge is 2.16. The van der Waals surface area contributed by atoms with Crippen LogP contribution in [0.3, 0.4) is 0 Å². The maximum atomic E-state index is 12.0. The van der Waals surface area contributed by atoms with Gasteiger partial charge in [-0.15, -0.1) is 10.2 Å². The summed E-state index contributed by atoms with van der Waals surface area (Å²) in [6.07, 6.45) is 4.89. The molecule has 0 fully saturated rings. The van der Waals surface area contributed by atoms with E-state index >= 15 is 0 Å². The van der Waals surface area contributed by atoms with Gasteiger partial charge in [0.15, 0.2) is 11.0 Å². The molecular weight excluding hydrogens is 454 g/mol. The number of nitrogens with zero attached hydrogens (tertiary/aromatic N) is 5. The first-order chi connectivity index (χ1) is 14.0. The molecule has 0 bridgehead atoms. The molecule has 150 valence electrons. The Morgan fingerprint density at radius 2 is 2.10 bits per heavy atom. The van der Waals surface area contributed by atoms with Crippen LogP contribution in [0.2, 0.25) is 0 Å². The number of hydrogen-bond donors (Lipinski definition) is 2. The number of benzene rings is 1. The van der Waals surface area contributed by atoms with Crippen LogP contribution < -0.4 is 10.7 Å². The number of halogens is 1. The first-order valence-corrected chi connectivity index (χ1v) is 10.6. The topological polar surface area (TPSA) is 97.1 Å². The summed E-state index contributed by atoms with van der Waals surface area (Å²) in [6, 6.07) is 11.5. The van der Waals surface area contributed by atoms with Crippen LogP contribution in [0.25, 0.3) is 0 Å². The summed E-state index contributed by atoms with van der Waals surface area (Å²) in [5.74, 6) is 0.747. The summed E-state index contributed by atoms with van der Waals surface area (Å²) in [5, 5.41) is 16.4. The largest absolute Gasteiger partial charge is 0.375 e. The van der Waals surface area contributed by atoms with Crippen LogP contribution in [0.15, 0.2) is 63.5 Å². The zero-order chi connectivity index (χ0) is 20.6. The number of rotatable bonds is 8. The monoisotopic (exact) mass is 473 g/mol. The third-order valence-corrected chi connectivity index (χ3v) is 5.45. The Labute approximate surface area is 181 Å². The second-order valence-electron chi connectivity index (χ2n) is 6.14. The van der Waals surface area contributed by atoms with Gasteiger partial charge < -0.3 is 9.88 Å². The van der Waals surface area contributed by atoms with Gasteiger partial charge in [0.2, 0.25) is 0 Å². The van der Waals surface area contributed by atoms with E-state index in [0.717, 1.165) is 21.5 Å². The van der Waals surface area contributed by atoms with Gasteiger partial charge in [0.1, 0.15) is 0 Å². The first kappa shape index (κ1) is 21.0. The normalized spacial score (nSPS) is 12.1. The Morgan fingerprint density at radius 3 is 2.83 bits per heavy atom. The smallest absolute Gasteiger partial charge is 0.250 e. The molecule has 0 aliphatic carbocycles. The highest BCUT2D eigenvalue weighted by atomic mass is 79.9. The average Bonchev–Trinajstić information content (AvgIpc) is 3.09. The standard InChI is InChI=1S/C19H20BrN7OS/c1-13(23-16-7-5-15(20)6-8-16)18-25-26-19(27(18)2)29-12-17(28)24-22-11-14-4-3-9-21-10-14/h3-11,13,23H,12H2,1-2H3,(H,24,28)/b22-11-/t13-/m0/s1. The van der Waals surface area contributed by atoms with Crippen LogP contribution in [0.1, 0.15) is 24.4 Å². The molecule has 0 radical (unpaired) electrons. The molecule has 10 heteroatoms. The van der Waals surface area contributed by atoms with Gasteiger partial charge in [0.05, 0.1) is 18.0 Å². The lowest BCUT2D eigenvalue weighted by Gasteiger charge is -2.14. The van der Waals surface area contributed by atoms with Crippen molar-refractivity contribution in [2.45, 2.75) is 18.1 Å². The second kappa shape index (κ2) is 10.2. The molecule has 1 atom stereocenters. The SMILES string of the molecule is C[C@H](Nc1ccc(Br)cc1)c1nnc(SCC(=O)N/N=C\c2cccnc2)n1C. The summed E-state index contributed by atoms with van der Waals surface area (Å²) in [7, 11) is 1.88. The molecular formula is C19H20BrN7OS. The molecule has 29 heavy (non-hydrogen) atoms. The molecule has 8 nitrogen and oxygen atoms in total. The van der Waals surface area contributed by atoms with E-state index in [1.807, 2.05) is 48.9 Å². The Balaban J connectivity index is 1.51. The predicted molar refractivity (Wildman–Crippen MR) is 118 cm³/mol. The number of carbonyl (C=O) groups excluding carboxylic acids is 1. The molecule has 2 heterocycles. The van der Waals surface area contributed by atoms with Crippen molar-refractivity contribution in [1.29, 1.82) is 0 Å². The summed E-state index contributed by atoms with van der Waals surface area (Å²) in [6.45, 7) is 2.01. The Morgan fingerprint density at radius 1 is 1.31 bits per heavy atom. The maximum Gasteiger partial charge on any atom is 0.250 e. The molecule has 0 unspecified atom stereocenters. The van der Waals surface area contributed by atoms with Crippen molar-refractivity contribution >= 4 is 45.5 Å². The fourth-order valence-corrected chi connectivity index (χ4v) is 3.46. The minimum Gasteiger partial charge on any atom is -0.375 e. The van der Waals surface area contributed by atoms with Crippen LogP contribution in [-0.4, -0.2) is 37.6 Å². The fourth-order valence-electron chi connectivity index (χ4n) is 2.48. The summed E-state index contributed by atoms with van der Waals surface area (Å²) in [5.41, 5.74) is 4.30. The van der Waals surface area contributed by atoms with E-state index in [9.17, 15) is 4.79 Å². The third kappa shape index (κ3) is 6.13. The zero-order valence-corrected chi connectivity index (χ0v) is 18.3. The minimum atomic E-state index is -0.222. The number of amides is 1. The minimum absolute atomic E-state index is 0.0408. The van der Waals surface area contributed by atoms with Gasteiger partial charge in [0, 0.05) is 35.2 Å². The van der Waals surface area contributed by atoms with Gasteiger partial charge in [-0.25, -0.2) is 5.43 Å². The lowest BCUT2D eigenvalue weighted by Crippen LogP contribution is -2.20.